The van der Waals surface area contributed by atoms with Gasteiger partial charge in [-0.25, -0.2) is 0 Å². The van der Waals surface area contributed by atoms with Gasteiger partial charge >= 0.3 is 30.9 Å². The van der Waals surface area contributed by atoms with Crippen molar-refractivity contribution in [3.8, 4) is 72.4 Å². The van der Waals surface area contributed by atoms with Gasteiger partial charge in [0, 0.05) is 10.8 Å². The molecule has 75 heavy (non-hydrogen) atoms. The third kappa shape index (κ3) is 10.1. The third-order valence-corrected chi connectivity index (χ3v) is 12.8. The highest BCUT2D eigenvalue weighted by atomic mass is 19.4. The fraction of sp³-hybridized carbons (Fsp3) is 0.0847. The number of benzene rings is 9. The van der Waals surface area contributed by atoms with Crippen molar-refractivity contribution in [2.45, 2.75) is 30.9 Å². The van der Waals surface area contributed by atoms with E-state index in [4.69, 9.17) is 0 Å². The van der Waals surface area contributed by atoms with E-state index >= 15 is 0 Å². The molecule has 1 heterocycles. The summed E-state index contributed by atoms with van der Waals surface area (Å²) in [6.07, 6.45) is -23.9. The molecule has 0 saturated carbocycles. The normalized spacial score (nSPS) is 12.7. The van der Waals surface area contributed by atoms with Crippen LogP contribution in [0, 0.1) is 0 Å². The smallest absolute Gasteiger partial charge is 0.309 e. The van der Waals surface area contributed by atoms with Gasteiger partial charge in [-0.15, -0.1) is 0 Å². The molecule has 0 radical (unpaired) electrons. The van der Waals surface area contributed by atoms with Crippen LogP contribution in [0.1, 0.15) is 27.8 Å². The predicted octanol–water partition coefficient (Wildman–Crippen LogP) is 19.9. The molecule has 1 nitrogen and oxygen atoms in total. The maximum atomic E-state index is 14.8. The van der Waals surface area contributed by atoms with Crippen molar-refractivity contribution in [3.63, 3.8) is 0 Å². The maximum Gasteiger partial charge on any atom is 0.418 e. The Hall–Kier alpha value is -8.27. The Morgan fingerprint density at radius 1 is 0.227 bits per heavy atom. The number of hydrogen-bond acceptors (Lipinski definition) is 0. The molecule has 378 valence electrons. The molecule has 0 aliphatic carbocycles. The average molecular weight is 1040 g/mol. The fourth-order valence-corrected chi connectivity index (χ4v) is 9.31. The van der Waals surface area contributed by atoms with Crippen molar-refractivity contribution in [1.82, 2.24) is 4.57 Å². The molecule has 0 fully saturated rings. The van der Waals surface area contributed by atoms with Crippen LogP contribution in [-0.2, 0) is 30.9 Å². The van der Waals surface area contributed by atoms with Crippen molar-refractivity contribution in [2.75, 3.05) is 0 Å². The van der Waals surface area contributed by atoms with E-state index < -0.39 is 58.7 Å². The number of hydrogen-bond donors (Lipinski definition) is 0. The molecule has 16 heteroatoms. The molecule has 10 rings (SSSR count). The lowest BCUT2D eigenvalue weighted by molar-refractivity contribution is -0.138. The summed E-state index contributed by atoms with van der Waals surface area (Å²) in [7, 11) is 0. The molecule has 0 N–H and O–H groups in total. The highest BCUT2D eigenvalue weighted by Crippen LogP contribution is 2.45. The highest BCUT2D eigenvalue weighted by molar-refractivity contribution is 6.12. The summed E-state index contributed by atoms with van der Waals surface area (Å²) in [5, 5.41) is 0.636. The fourth-order valence-electron chi connectivity index (χ4n) is 9.31. The van der Waals surface area contributed by atoms with E-state index in [1.54, 1.807) is 24.3 Å². The van der Waals surface area contributed by atoms with Gasteiger partial charge in [-0.1, -0.05) is 72.8 Å². The minimum atomic E-state index is -4.85. The number of fused-ring (bicyclic) bond motifs is 3. The van der Waals surface area contributed by atoms with Gasteiger partial charge < -0.3 is 4.57 Å². The van der Waals surface area contributed by atoms with E-state index in [0.717, 1.165) is 54.6 Å². The molecule has 1 aromatic heterocycles. The molecule has 0 bridgehead atoms. The average Bonchev–Trinajstić information content (AvgIpc) is 3.71. The minimum absolute atomic E-state index is 0.0721. The zero-order chi connectivity index (χ0) is 53.4. The highest BCUT2D eigenvalue weighted by Gasteiger charge is 2.36. The second-order valence-corrected chi connectivity index (χ2v) is 17.7. The number of halogens is 15. The lowest BCUT2D eigenvalue weighted by Gasteiger charge is -2.16. The van der Waals surface area contributed by atoms with E-state index in [1.807, 2.05) is 0 Å². The topological polar surface area (TPSA) is 4.93 Å². The molecule has 0 unspecified atom stereocenters. The van der Waals surface area contributed by atoms with E-state index in [0.29, 0.717) is 33.0 Å². The molecule has 0 atom stereocenters. The molecule has 0 amide bonds. The predicted molar refractivity (Wildman–Crippen MR) is 258 cm³/mol. The molecular weight excluding hydrogens is 1010 g/mol. The number of para-hydroxylation sites is 1. The first-order chi connectivity index (χ1) is 35.3. The summed E-state index contributed by atoms with van der Waals surface area (Å²) >= 11 is 0. The van der Waals surface area contributed by atoms with Crippen LogP contribution in [0.25, 0.3) is 94.3 Å². The second-order valence-electron chi connectivity index (χ2n) is 17.7. The zero-order valence-corrected chi connectivity index (χ0v) is 38.1. The summed E-state index contributed by atoms with van der Waals surface area (Å²) in [5.74, 6) is 0. The van der Waals surface area contributed by atoms with Crippen LogP contribution in [0.5, 0.6) is 0 Å². The summed E-state index contributed by atoms with van der Waals surface area (Å²) < 4.78 is 214. The SMILES string of the molecule is FC(F)(F)c1cccc(-c2cc(-c3cccc(C(F)(F)F)c3)cc(-c3ccc4c(c3)c3cc(-c5cc(-c6cccc(C(F)(F)F)c6)cc(-c6cccc(C(F)(F)F)c6)c5)ccc3n4-c3ccccc3C(F)(F)F)c2)c1. The Kier molecular flexibility index (Phi) is 12.3. The first-order valence-corrected chi connectivity index (χ1v) is 22.6. The van der Waals surface area contributed by atoms with Crippen LogP contribution >= 0.6 is 0 Å². The van der Waals surface area contributed by atoms with Gasteiger partial charge in [0.1, 0.15) is 0 Å². The largest absolute Gasteiger partial charge is 0.418 e. The van der Waals surface area contributed by atoms with Crippen LogP contribution in [0.15, 0.2) is 194 Å². The zero-order valence-electron chi connectivity index (χ0n) is 38.1. The lowest BCUT2D eigenvalue weighted by atomic mass is 9.91. The molecule has 0 saturated heterocycles. The Labute approximate surface area is 416 Å². The Balaban J connectivity index is 1.23. The Bertz CT molecular complexity index is 3460. The van der Waals surface area contributed by atoms with E-state index in [1.165, 1.54) is 120 Å². The van der Waals surface area contributed by atoms with Gasteiger partial charge in [0.05, 0.1) is 44.5 Å². The van der Waals surface area contributed by atoms with Crippen molar-refractivity contribution in [3.05, 3.63) is 222 Å². The summed E-state index contributed by atoms with van der Waals surface area (Å²) in [6, 6.07) is 40.6. The van der Waals surface area contributed by atoms with Crippen LogP contribution in [0.3, 0.4) is 0 Å². The molecular formula is C59H32F15N. The van der Waals surface area contributed by atoms with E-state index in [-0.39, 0.29) is 61.2 Å². The molecule has 0 aliphatic rings. The summed E-state index contributed by atoms with van der Waals surface area (Å²) in [6.45, 7) is 0. The number of nitrogens with zero attached hydrogens (tertiary/aromatic N) is 1. The van der Waals surface area contributed by atoms with Gasteiger partial charge in [-0.3, -0.25) is 0 Å². The maximum absolute atomic E-state index is 14.8. The molecule has 0 spiro atoms. The van der Waals surface area contributed by atoms with Crippen LogP contribution in [-0.4, -0.2) is 4.57 Å². The Morgan fingerprint density at radius 2 is 0.507 bits per heavy atom. The summed E-state index contributed by atoms with van der Waals surface area (Å²) in [5.41, 5.74) is -2.45. The number of alkyl halides is 15. The van der Waals surface area contributed by atoms with Crippen LogP contribution in [0.2, 0.25) is 0 Å². The van der Waals surface area contributed by atoms with E-state index in [2.05, 4.69) is 0 Å². The van der Waals surface area contributed by atoms with Crippen molar-refractivity contribution in [2.24, 2.45) is 0 Å². The van der Waals surface area contributed by atoms with Crippen molar-refractivity contribution < 1.29 is 65.9 Å². The monoisotopic (exact) mass is 1040 g/mol. The van der Waals surface area contributed by atoms with Gasteiger partial charge in [-0.2, -0.15) is 65.9 Å². The minimum Gasteiger partial charge on any atom is -0.309 e. The van der Waals surface area contributed by atoms with Crippen molar-refractivity contribution >= 4 is 21.8 Å². The van der Waals surface area contributed by atoms with Gasteiger partial charge in [-0.05, 0) is 188 Å². The Morgan fingerprint density at radius 3 is 0.787 bits per heavy atom. The van der Waals surface area contributed by atoms with Gasteiger partial charge in [0.25, 0.3) is 0 Å². The number of aromatic nitrogens is 1. The molecule has 10 aromatic rings. The molecule has 0 aliphatic heterocycles. The first-order valence-electron chi connectivity index (χ1n) is 22.6. The van der Waals surface area contributed by atoms with Gasteiger partial charge in [0.2, 0.25) is 0 Å². The third-order valence-electron chi connectivity index (χ3n) is 12.8. The van der Waals surface area contributed by atoms with Gasteiger partial charge in [0.15, 0.2) is 0 Å². The van der Waals surface area contributed by atoms with Crippen molar-refractivity contribution in [1.29, 1.82) is 0 Å². The second kappa shape index (κ2) is 18.3. The quantitative estimate of drug-likeness (QED) is 0.140. The lowest BCUT2D eigenvalue weighted by Crippen LogP contribution is -2.10. The summed E-state index contributed by atoms with van der Waals surface area (Å²) in [4.78, 5) is 0. The standard InChI is InChI=1S/C59H32F15N/c60-55(61,62)45-11-3-7-33(27-45)39-21-40(34-8-4-12-46(28-34)56(63,64)65)24-43(23-39)37-17-19-52-49(31-37)50-32-38(18-20-53(50)75(52)54-16-2-1-15-51(54)59(72,73)74)44-25-41(35-9-5-13-47(29-35)57(66,67)68)22-42(26-44)36-10-6-14-48(30-36)58(69,70)71/h1-32H. The first kappa shape index (κ1) is 50.3. The van der Waals surface area contributed by atoms with Crippen LogP contribution in [0.4, 0.5) is 65.9 Å². The van der Waals surface area contributed by atoms with E-state index in [9.17, 15) is 65.9 Å². The van der Waals surface area contributed by atoms with Crippen LogP contribution < -0.4 is 0 Å². The molecule has 9 aromatic carbocycles. The number of rotatable bonds is 7.